The summed E-state index contributed by atoms with van der Waals surface area (Å²) in [5, 5.41) is 0. The molecule has 3 heteroatoms. The topological polar surface area (TPSA) is 35.5 Å². The molecule has 0 aromatic carbocycles. The SMILES string of the molecule is CCC(C)OC(C)OC(C)=O. The summed E-state index contributed by atoms with van der Waals surface area (Å²) < 4.78 is 10.0. The van der Waals surface area contributed by atoms with Gasteiger partial charge in [-0.15, -0.1) is 0 Å². The molecule has 0 radical (unpaired) electrons. The van der Waals surface area contributed by atoms with Crippen LogP contribution in [0.4, 0.5) is 0 Å². The van der Waals surface area contributed by atoms with Gasteiger partial charge in [0.2, 0.25) is 0 Å². The van der Waals surface area contributed by atoms with Crippen molar-refractivity contribution < 1.29 is 14.3 Å². The van der Waals surface area contributed by atoms with E-state index in [4.69, 9.17) is 9.47 Å². The third kappa shape index (κ3) is 5.85. The quantitative estimate of drug-likeness (QED) is 0.464. The Kier molecular flexibility index (Phi) is 4.86. The number of esters is 1. The summed E-state index contributed by atoms with van der Waals surface area (Å²) >= 11 is 0. The summed E-state index contributed by atoms with van der Waals surface area (Å²) in [5.41, 5.74) is 0. The molecule has 0 N–H and O–H groups in total. The van der Waals surface area contributed by atoms with Gasteiger partial charge in [-0.2, -0.15) is 0 Å². The predicted molar refractivity (Wildman–Crippen MR) is 42.1 cm³/mol. The highest BCUT2D eigenvalue weighted by molar-refractivity contribution is 5.65. The largest absolute Gasteiger partial charge is 0.436 e. The van der Waals surface area contributed by atoms with Gasteiger partial charge in [-0.1, -0.05) is 6.92 Å². The first-order valence-corrected chi connectivity index (χ1v) is 3.89. The van der Waals surface area contributed by atoms with Gasteiger partial charge in [0.1, 0.15) is 0 Å². The molecule has 0 aliphatic carbocycles. The van der Waals surface area contributed by atoms with Gasteiger partial charge in [0.05, 0.1) is 6.10 Å². The molecule has 0 aliphatic heterocycles. The first-order chi connectivity index (χ1) is 5.06. The van der Waals surface area contributed by atoms with E-state index >= 15 is 0 Å². The van der Waals surface area contributed by atoms with Crippen molar-refractivity contribution in [2.45, 2.75) is 46.5 Å². The number of ether oxygens (including phenoxy) is 2. The standard InChI is InChI=1S/C8H16O3/c1-5-6(2)10-8(4)11-7(3)9/h6,8H,5H2,1-4H3. The zero-order valence-corrected chi connectivity index (χ0v) is 7.59. The highest BCUT2D eigenvalue weighted by Crippen LogP contribution is 2.02. The third-order valence-electron chi connectivity index (χ3n) is 1.33. The number of hydrogen-bond acceptors (Lipinski definition) is 3. The van der Waals surface area contributed by atoms with E-state index in [9.17, 15) is 4.79 Å². The van der Waals surface area contributed by atoms with Gasteiger partial charge in [-0.25, -0.2) is 0 Å². The van der Waals surface area contributed by atoms with Crippen LogP contribution in [0.5, 0.6) is 0 Å². The average Bonchev–Trinajstić information content (AvgIpc) is 1.85. The molecule has 0 saturated carbocycles. The first-order valence-electron chi connectivity index (χ1n) is 3.89. The first kappa shape index (κ1) is 10.4. The minimum atomic E-state index is -0.428. The predicted octanol–water partition coefficient (Wildman–Crippen LogP) is 1.71. The molecule has 0 aliphatic rings. The molecule has 0 fully saturated rings. The van der Waals surface area contributed by atoms with Crippen LogP contribution in [0.2, 0.25) is 0 Å². The summed E-state index contributed by atoms with van der Waals surface area (Å²) in [5.74, 6) is -0.305. The summed E-state index contributed by atoms with van der Waals surface area (Å²) in [6.45, 7) is 7.05. The highest BCUT2D eigenvalue weighted by Gasteiger charge is 2.08. The molecule has 0 rings (SSSR count). The van der Waals surface area contributed by atoms with Gasteiger partial charge < -0.3 is 9.47 Å². The zero-order chi connectivity index (χ0) is 8.85. The maximum atomic E-state index is 10.4. The fourth-order valence-corrected chi connectivity index (χ4v) is 0.685. The van der Waals surface area contributed by atoms with Crippen molar-refractivity contribution in [3.05, 3.63) is 0 Å². The highest BCUT2D eigenvalue weighted by atomic mass is 16.7. The van der Waals surface area contributed by atoms with E-state index in [0.29, 0.717) is 0 Å². The number of carbonyl (C=O) groups excluding carboxylic acids is 1. The smallest absolute Gasteiger partial charge is 0.304 e. The van der Waals surface area contributed by atoms with E-state index in [0.717, 1.165) is 6.42 Å². The van der Waals surface area contributed by atoms with Crippen molar-refractivity contribution in [1.82, 2.24) is 0 Å². The molecule has 0 aromatic rings. The van der Waals surface area contributed by atoms with Crippen molar-refractivity contribution in [2.75, 3.05) is 0 Å². The summed E-state index contributed by atoms with van der Waals surface area (Å²) in [7, 11) is 0. The number of hydrogen-bond donors (Lipinski definition) is 0. The molecule has 0 bridgehead atoms. The Hall–Kier alpha value is -0.570. The van der Waals surface area contributed by atoms with Crippen LogP contribution in [0.25, 0.3) is 0 Å². The van der Waals surface area contributed by atoms with Crippen LogP contribution in [0.3, 0.4) is 0 Å². The lowest BCUT2D eigenvalue weighted by atomic mass is 10.3. The second-order valence-corrected chi connectivity index (χ2v) is 2.53. The monoisotopic (exact) mass is 160 g/mol. The molecule has 0 spiro atoms. The minimum Gasteiger partial charge on any atom is -0.436 e. The van der Waals surface area contributed by atoms with Crippen molar-refractivity contribution in [1.29, 1.82) is 0 Å². The van der Waals surface area contributed by atoms with Crippen LogP contribution in [-0.4, -0.2) is 18.4 Å². The second-order valence-electron chi connectivity index (χ2n) is 2.53. The van der Waals surface area contributed by atoms with E-state index in [1.165, 1.54) is 6.92 Å². The van der Waals surface area contributed by atoms with Crippen LogP contribution in [0.15, 0.2) is 0 Å². The maximum Gasteiger partial charge on any atom is 0.304 e. The van der Waals surface area contributed by atoms with E-state index in [-0.39, 0.29) is 12.1 Å². The van der Waals surface area contributed by atoms with Gasteiger partial charge in [0.15, 0.2) is 6.29 Å². The van der Waals surface area contributed by atoms with Crippen LogP contribution in [-0.2, 0) is 14.3 Å². The average molecular weight is 160 g/mol. The van der Waals surface area contributed by atoms with Crippen molar-refractivity contribution in [3.8, 4) is 0 Å². The third-order valence-corrected chi connectivity index (χ3v) is 1.33. The Morgan fingerprint density at radius 2 is 2.00 bits per heavy atom. The molecule has 11 heavy (non-hydrogen) atoms. The van der Waals surface area contributed by atoms with Crippen molar-refractivity contribution in [2.24, 2.45) is 0 Å². The Morgan fingerprint density at radius 1 is 1.45 bits per heavy atom. The van der Waals surface area contributed by atoms with Gasteiger partial charge in [-0.05, 0) is 20.3 Å². The minimum absolute atomic E-state index is 0.143. The summed E-state index contributed by atoms with van der Waals surface area (Å²) in [6, 6.07) is 0. The van der Waals surface area contributed by atoms with Crippen molar-refractivity contribution >= 4 is 5.97 Å². The lowest BCUT2D eigenvalue weighted by molar-refractivity contribution is -0.180. The summed E-state index contributed by atoms with van der Waals surface area (Å²) in [6.07, 6.45) is 0.637. The molecule has 0 amide bonds. The number of carbonyl (C=O) groups is 1. The molecule has 0 aromatic heterocycles. The summed E-state index contributed by atoms with van der Waals surface area (Å²) in [4.78, 5) is 10.4. The van der Waals surface area contributed by atoms with Gasteiger partial charge in [0, 0.05) is 6.92 Å². The van der Waals surface area contributed by atoms with Crippen LogP contribution in [0.1, 0.15) is 34.1 Å². The zero-order valence-electron chi connectivity index (χ0n) is 7.59. The fourth-order valence-electron chi connectivity index (χ4n) is 0.685. The molecule has 0 saturated heterocycles. The molecule has 0 heterocycles. The van der Waals surface area contributed by atoms with Gasteiger partial charge in [0.25, 0.3) is 0 Å². The Balaban J connectivity index is 3.51. The van der Waals surface area contributed by atoms with Crippen molar-refractivity contribution in [3.63, 3.8) is 0 Å². The Bertz CT molecular complexity index is 123. The molecular formula is C8H16O3. The molecule has 3 nitrogen and oxygen atoms in total. The molecule has 66 valence electrons. The molecule has 2 unspecified atom stereocenters. The molecule has 2 atom stereocenters. The van der Waals surface area contributed by atoms with Crippen LogP contribution in [0, 0.1) is 0 Å². The van der Waals surface area contributed by atoms with E-state index in [1.807, 2.05) is 13.8 Å². The van der Waals surface area contributed by atoms with Gasteiger partial charge >= 0.3 is 5.97 Å². The lowest BCUT2D eigenvalue weighted by Crippen LogP contribution is -2.21. The normalized spacial score (nSPS) is 15.6. The Labute approximate surface area is 67.7 Å². The van der Waals surface area contributed by atoms with E-state index in [2.05, 4.69) is 0 Å². The van der Waals surface area contributed by atoms with E-state index in [1.54, 1.807) is 6.92 Å². The van der Waals surface area contributed by atoms with Crippen LogP contribution >= 0.6 is 0 Å². The molecular weight excluding hydrogens is 144 g/mol. The van der Waals surface area contributed by atoms with Gasteiger partial charge in [-0.3, -0.25) is 4.79 Å². The fraction of sp³-hybridized carbons (Fsp3) is 0.875. The second kappa shape index (κ2) is 5.13. The van der Waals surface area contributed by atoms with Crippen LogP contribution < -0.4 is 0 Å². The Morgan fingerprint density at radius 3 is 2.36 bits per heavy atom. The lowest BCUT2D eigenvalue weighted by Gasteiger charge is -2.17. The van der Waals surface area contributed by atoms with E-state index < -0.39 is 6.29 Å². The maximum absolute atomic E-state index is 10.4. The number of rotatable bonds is 4.